The summed E-state index contributed by atoms with van der Waals surface area (Å²) >= 11 is 0. The molecule has 0 amide bonds. The highest BCUT2D eigenvalue weighted by Gasteiger charge is 2.19. The molecule has 33 heavy (non-hydrogen) atoms. The topological polar surface area (TPSA) is 69.1 Å². The molecule has 8 heteroatoms. The second kappa shape index (κ2) is 12.0. The Hall–Kier alpha value is -2.58. The van der Waals surface area contributed by atoms with Crippen LogP contribution in [0.2, 0.25) is 0 Å². The lowest BCUT2D eigenvalue weighted by Gasteiger charge is -2.27. The average Bonchev–Trinajstić information content (AvgIpc) is 2.87. The third kappa shape index (κ3) is 6.48. The van der Waals surface area contributed by atoms with Crippen molar-refractivity contribution >= 4 is 11.7 Å². The molecule has 0 aliphatic carbocycles. The highest BCUT2D eigenvalue weighted by molar-refractivity contribution is 5.86. The van der Waals surface area contributed by atoms with Crippen LogP contribution in [-0.2, 0) is 20.7 Å². The zero-order chi connectivity index (χ0) is 22.9. The Morgan fingerprint density at radius 2 is 1.97 bits per heavy atom. The molecular formula is C25H33FN4O3. The van der Waals surface area contributed by atoms with Crippen molar-refractivity contribution in [3.63, 3.8) is 0 Å². The number of hydrogen-bond acceptors (Lipinski definition) is 7. The van der Waals surface area contributed by atoms with Crippen LogP contribution in [0, 0.1) is 5.82 Å². The minimum Gasteiger partial charge on any atom is -0.396 e. The Morgan fingerprint density at radius 3 is 2.70 bits per heavy atom. The normalized spacial score (nSPS) is 18.9. The van der Waals surface area contributed by atoms with Gasteiger partial charge in [0.15, 0.2) is 6.29 Å². The molecule has 2 aliphatic heterocycles. The zero-order valence-electron chi connectivity index (χ0n) is 19.3. The fraction of sp³-hybridized carbons (Fsp3) is 0.560. The first-order chi connectivity index (χ1) is 16.2. The van der Waals surface area contributed by atoms with Gasteiger partial charge in [-0.15, -0.1) is 0 Å². The summed E-state index contributed by atoms with van der Waals surface area (Å²) in [5, 5.41) is 4.30. The van der Waals surface area contributed by atoms with Crippen molar-refractivity contribution in [3.8, 4) is 11.1 Å². The van der Waals surface area contributed by atoms with Gasteiger partial charge in [0.2, 0.25) is 5.95 Å². The quantitative estimate of drug-likeness (QED) is 0.401. The number of aryl methyl sites for hydroxylation is 1. The van der Waals surface area contributed by atoms with E-state index in [1.807, 2.05) is 19.1 Å². The van der Waals surface area contributed by atoms with Crippen molar-refractivity contribution in [2.75, 3.05) is 37.8 Å². The molecule has 2 saturated heterocycles. The number of aromatic nitrogens is 2. The van der Waals surface area contributed by atoms with Crippen LogP contribution < -0.4 is 4.90 Å². The molecule has 2 fully saturated rings. The summed E-state index contributed by atoms with van der Waals surface area (Å²) in [4.78, 5) is 16.6. The van der Waals surface area contributed by atoms with Crippen LogP contribution in [0.15, 0.2) is 35.7 Å². The maximum Gasteiger partial charge on any atom is 0.225 e. The van der Waals surface area contributed by atoms with Gasteiger partial charge in [-0.05, 0) is 31.2 Å². The SMILES string of the molecule is CCc1cccc(-c2cnc(N3CCC(=NOCCCOC4CCCCO4)CC3)nc2)c1F. The molecular weight excluding hydrogens is 423 g/mol. The van der Waals surface area contributed by atoms with E-state index in [2.05, 4.69) is 20.0 Å². The first kappa shape index (κ1) is 23.6. The molecule has 0 radical (unpaired) electrons. The standard InChI is InChI=1S/C25H33FN4O3/c1-2-19-7-5-8-22(24(19)26)20-17-27-25(28-18-20)30-12-10-21(11-13-30)29-33-16-6-15-32-23-9-3-4-14-31-23/h5,7-8,17-18,23H,2-4,6,9-16H2,1H3. The number of anilines is 1. The van der Waals surface area contributed by atoms with Crippen LogP contribution in [0.25, 0.3) is 11.1 Å². The lowest BCUT2D eigenvalue weighted by molar-refractivity contribution is -0.164. The smallest absolute Gasteiger partial charge is 0.225 e. The van der Waals surface area contributed by atoms with E-state index in [1.165, 1.54) is 6.42 Å². The molecule has 0 bridgehead atoms. The molecule has 3 heterocycles. The highest BCUT2D eigenvalue weighted by atomic mass is 19.1. The predicted molar refractivity (Wildman–Crippen MR) is 126 cm³/mol. The Morgan fingerprint density at radius 1 is 1.15 bits per heavy atom. The number of hydrogen-bond donors (Lipinski definition) is 0. The van der Waals surface area contributed by atoms with Gasteiger partial charge in [-0.3, -0.25) is 0 Å². The maximum absolute atomic E-state index is 14.6. The Kier molecular flexibility index (Phi) is 8.60. The van der Waals surface area contributed by atoms with Crippen LogP contribution in [0.3, 0.4) is 0 Å². The third-order valence-electron chi connectivity index (χ3n) is 6.05. The first-order valence-corrected chi connectivity index (χ1v) is 12.0. The second-order valence-electron chi connectivity index (χ2n) is 8.40. The number of benzene rings is 1. The summed E-state index contributed by atoms with van der Waals surface area (Å²) in [7, 11) is 0. The zero-order valence-corrected chi connectivity index (χ0v) is 19.3. The van der Waals surface area contributed by atoms with Gasteiger partial charge in [-0.2, -0.15) is 0 Å². The molecule has 2 aliphatic rings. The van der Waals surface area contributed by atoms with Crippen molar-refractivity contribution < 1.29 is 18.7 Å². The van der Waals surface area contributed by atoms with Gasteiger partial charge >= 0.3 is 0 Å². The van der Waals surface area contributed by atoms with Crippen LogP contribution in [0.4, 0.5) is 10.3 Å². The molecule has 0 N–H and O–H groups in total. The van der Waals surface area contributed by atoms with E-state index < -0.39 is 0 Å². The number of rotatable bonds is 9. The molecule has 178 valence electrons. The maximum atomic E-state index is 14.6. The van der Waals surface area contributed by atoms with E-state index in [0.29, 0.717) is 42.3 Å². The van der Waals surface area contributed by atoms with Crippen LogP contribution in [0.1, 0.15) is 51.0 Å². The minimum atomic E-state index is -0.191. The largest absolute Gasteiger partial charge is 0.396 e. The van der Waals surface area contributed by atoms with Gasteiger partial charge in [-0.1, -0.05) is 30.3 Å². The lowest BCUT2D eigenvalue weighted by Crippen LogP contribution is -2.35. The number of nitrogens with zero attached hydrogens (tertiary/aromatic N) is 4. The second-order valence-corrected chi connectivity index (χ2v) is 8.40. The Bertz CT molecular complexity index is 906. The summed E-state index contributed by atoms with van der Waals surface area (Å²) in [6.45, 7) is 5.48. The Labute approximate surface area is 195 Å². The van der Waals surface area contributed by atoms with Gasteiger partial charge in [0.25, 0.3) is 0 Å². The van der Waals surface area contributed by atoms with Gasteiger partial charge in [-0.25, -0.2) is 14.4 Å². The Balaban J connectivity index is 1.19. The van der Waals surface area contributed by atoms with Crippen LogP contribution >= 0.6 is 0 Å². The fourth-order valence-corrected chi connectivity index (χ4v) is 4.07. The van der Waals surface area contributed by atoms with Gasteiger partial charge in [0.05, 0.1) is 12.3 Å². The number of piperidine rings is 1. The van der Waals surface area contributed by atoms with Gasteiger partial charge < -0.3 is 19.2 Å². The summed E-state index contributed by atoms with van der Waals surface area (Å²) in [5.74, 6) is 0.469. The van der Waals surface area contributed by atoms with Crippen LogP contribution in [0.5, 0.6) is 0 Å². The van der Waals surface area contributed by atoms with E-state index in [1.54, 1.807) is 18.5 Å². The minimum absolute atomic E-state index is 0.0498. The third-order valence-corrected chi connectivity index (χ3v) is 6.05. The van der Waals surface area contributed by atoms with Crippen LogP contribution in [-0.4, -0.2) is 54.9 Å². The lowest BCUT2D eigenvalue weighted by atomic mass is 10.0. The van der Waals surface area contributed by atoms with Crippen molar-refractivity contribution in [1.82, 2.24) is 9.97 Å². The highest BCUT2D eigenvalue weighted by Crippen LogP contribution is 2.25. The number of ether oxygens (including phenoxy) is 2. The summed E-state index contributed by atoms with van der Waals surface area (Å²) in [6.07, 6.45) is 9.71. The molecule has 4 rings (SSSR count). The number of halogens is 1. The molecule has 0 spiro atoms. The molecule has 1 unspecified atom stereocenters. The summed E-state index contributed by atoms with van der Waals surface area (Å²) in [5.41, 5.74) is 2.99. The summed E-state index contributed by atoms with van der Waals surface area (Å²) < 4.78 is 25.9. The fourth-order valence-electron chi connectivity index (χ4n) is 4.07. The number of oxime groups is 1. The van der Waals surface area contributed by atoms with Crippen molar-refractivity contribution in [1.29, 1.82) is 0 Å². The van der Waals surface area contributed by atoms with Crippen molar-refractivity contribution in [2.45, 2.75) is 58.2 Å². The van der Waals surface area contributed by atoms with Gasteiger partial charge in [0, 0.05) is 62.5 Å². The average molecular weight is 457 g/mol. The van der Waals surface area contributed by atoms with E-state index in [9.17, 15) is 4.39 Å². The van der Waals surface area contributed by atoms with E-state index in [-0.39, 0.29) is 12.1 Å². The summed E-state index contributed by atoms with van der Waals surface area (Å²) in [6, 6.07) is 5.45. The van der Waals surface area contributed by atoms with Gasteiger partial charge in [0.1, 0.15) is 12.4 Å². The molecule has 1 atom stereocenters. The van der Waals surface area contributed by atoms with E-state index in [4.69, 9.17) is 14.3 Å². The van der Waals surface area contributed by atoms with Crippen molar-refractivity contribution in [2.24, 2.45) is 5.16 Å². The molecule has 0 saturated carbocycles. The monoisotopic (exact) mass is 456 g/mol. The van der Waals surface area contributed by atoms with Crippen molar-refractivity contribution in [3.05, 3.63) is 42.0 Å². The molecule has 1 aromatic carbocycles. The molecule has 2 aromatic rings. The predicted octanol–water partition coefficient (Wildman–Crippen LogP) is 4.75. The molecule has 1 aromatic heterocycles. The van der Waals surface area contributed by atoms with E-state index >= 15 is 0 Å². The first-order valence-electron chi connectivity index (χ1n) is 12.0. The molecule has 7 nitrogen and oxygen atoms in total. The van der Waals surface area contributed by atoms with E-state index in [0.717, 1.165) is 57.5 Å².